The molecule has 10 aromatic carbocycles. The number of anilines is 6. The molecule has 0 fully saturated rings. The number of benzene rings is 10. The van der Waals surface area contributed by atoms with Gasteiger partial charge in [-0.25, -0.2) is 0 Å². The number of aryl methyl sites for hydroxylation is 2. The summed E-state index contributed by atoms with van der Waals surface area (Å²) >= 11 is 0. The first-order valence-corrected chi connectivity index (χ1v) is 23.0. The van der Waals surface area contributed by atoms with Gasteiger partial charge in [0.25, 0.3) is 0 Å². The predicted molar refractivity (Wildman–Crippen MR) is 282 cm³/mol. The Hall–Kier alpha value is -8.20. The van der Waals surface area contributed by atoms with Crippen LogP contribution in [-0.4, -0.2) is 0 Å². The number of hydrogen-bond donors (Lipinski definition) is 0. The summed E-state index contributed by atoms with van der Waals surface area (Å²) in [6.45, 7) is 4.45. The molecule has 0 saturated carbocycles. The zero-order valence-corrected chi connectivity index (χ0v) is 37.4. The maximum Gasteiger partial charge on any atom is 0.0540 e. The van der Waals surface area contributed by atoms with Crippen LogP contribution in [0.5, 0.6) is 0 Å². The highest BCUT2D eigenvalue weighted by atomic mass is 15.2. The largest absolute Gasteiger partial charge is 0.310 e. The molecule has 2 heteroatoms. The Kier molecular flexibility index (Phi) is 10.9. The molecule has 11 rings (SSSR count). The normalized spacial score (nSPS) is 13.4. The van der Waals surface area contributed by atoms with Crippen molar-refractivity contribution >= 4 is 61.2 Å². The van der Waals surface area contributed by atoms with Gasteiger partial charge < -0.3 is 9.80 Å². The van der Waals surface area contributed by atoms with Crippen molar-refractivity contribution in [2.75, 3.05) is 9.80 Å². The van der Waals surface area contributed by atoms with Gasteiger partial charge in [0, 0.05) is 39.3 Å². The fraction of sp³-hybridized carbons (Fsp3) is 0.0625. The second-order valence-corrected chi connectivity index (χ2v) is 17.3. The highest BCUT2D eigenvalue weighted by Crippen LogP contribution is 2.48. The average Bonchev–Trinajstić information content (AvgIpc) is 3.38. The smallest absolute Gasteiger partial charge is 0.0540 e. The van der Waals surface area contributed by atoms with E-state index in [-0.39, 0.29) is 5.92 Å². The van der Waals surface area contributed by atoms with E-state index in [9.17, 15) is 0 Å². The van der Waals surface area contributed by atoms with Crippen LogP contribution in [0.25, 0.3) is 49.4 Å². The van der Waals surface area contributed by atoms with Gasteiger partial charge in [0.05, 0.1) is 17.1 Å². The summed E-state index contributed by atoms with van der Waals surface area (Å²) in [7, 11) is 0. The first-order valence-electron chi connectivity index (χ1n) is 23.0. The Balaban J connectivity index is 1.04. The van der Waals surface area contributed by atoms with Crippen molar-refractivity contribution in [3.8, 4) is 22.3 Å². The first kappa shape index (κ1) is 40.6. The van der Waals surface area contributed by atoms with E-state index in [2.05, 4.69) is 272 Å². The lowest BCUT2D eigenvalue weighted by Gasteiger charge is -2.32. The molecule has 0 aliphatic heterocycles. The van der Waals surface area contributed by atoms with Crippen molar-refractivity contribution in [3.05, 3.63) is 271 Å². The van der Waals surface area contributed by atoms with Crippen LogP contribution >= 0.6 is 0 Å². The number of hydrogen-bond acceptors (Lipinski definition) is 2. The van der Waals surface area contributed by atoms with Gasteiger partial charge >= 0.3 is 0 Å². The first-order chi connectivity index (χ1) is 32.6. The molecule has 2 nitrogen and oxygen atoms in total. The molecule has 10 aromatic rings. The fourth-order valence-corrected chi connectivity index (χ4v) is 10.0. The third-order valence-electron chi connectivity index (χ3n) is 13.3. The highest BCUT2D eigenvalue weighted by molar-refractivity contribution is 6.02. The minimum absolute atomic E-state index is 0.121. The molecule has 1 aliphatic carbocycles. The summed E-state index contributed by atoms with van der Waals surface area (Å²) in [4.78, 5) is 4.94. The maximum atomic E-state index is 2.51. The molecule has 0 N–H and O–H groups in total. The van der Waals surface area contributed by atoms with Gasteiger partial charge in [-0.3, -0.25) is 0 Å². The standard InChI is InChI=1S/C64H50N2/c1-45-19-6-9-28-55(45)56-42-41-54(43-46(56)2)66(64-36-18-25-50-23-8-11-30-58(50)64)62-34-15-13-32-60(62)52-27-16-26-51(44-52)59-31-12-14-33-61(59)65(63-35-17-24-49-22-7-10-29-57(49)63)53-39-37-48(38-40-53)47-20-4-3-5-21-47/h3-26,28-44,52H,27H2,1-2H3. The molecule has 66 heavy (non-hydrogen) atoms. The quantitative estimate of drug-likeness (QED) is 0.135. The molecule has 0 aromatic heterocycles. The molecule has 1 aliphatic rings. The van der Waals surface area contributed by atoms with E-state index in [0.29, 0.717) is 0 Å². The van der Waals surface area contributed by atoms with Gasteiger partial charge in [-0.1, -0.05) is 200 Å². The summed E-state index contributed by atoms with van der Waals surface area (Å²) in [5.41, 5.74) is 18.0. The number of rotatable bonds is 10. The van der Waals surface area contributed by atoms with Crippen molar-refractivity contribution in [3.63, 3.8) is 0 Å². The molecular weight excluding hydrogens is 797 g/mol. The molecule has 0 amide bonds. The van der Waals surface area contributed by atoms with Crippen LogP contribution in [0.3, 0.4) is 0 Å². The molecule has 1 unspecified atom stereocenters. The molecule has 0 radical (unpaired) electrons. The van der Waals surface area contributed by atoms with Crippen LogP contribution in [-0.2, 0) is 0 Å². The van der Waals surface area contributed by atoms with Crippen molar-refractivity contribution in [2.24, 2.45) is 0 Å². The Morgan fingerprint density at radius 1 is 0.379 bits per heavy atom. The summed E-state index contributed by atoms with van der Waals surface area (Å²) < 4.78 is 0. The van der Waals surface area contributed by atoms with E-state index >= 15 is 0 Å². The summed E-state index contributed by atoms with van der Waals surface area (Å²) in [5, 5.41) is 4.85. The Labute approximate surface area is 388 Å². The van der Waals surface area contributed by atoms with Gasteiger partial charge in [-0.2, -0.15) is 0 Å². The van der Waals surface area contributed by atoms with Crippen LogP contribution in [0, 0.1) is 13.8 Å². The van der Waals surface area contributed by atoms with Crippen LogP contribution in [0.1, 0.15) is 34.6 Å². The number of allylic oxidation sites excluding steroid dienone is 4. The maximum absolute atomic E-state index is 2.51. The Bertz CT molecular complexity index is 3420. The fourth-order valence-electron chi connectivity index (χ4n) is 10.0. The Morgan fingerprint density at radius 3 is 1.59 bits per heavy atom. The monoisotopic (exact) mass is 846 g/mol. The van der Waals surface area contributed by atoms with E-state index < -0.39 is 0 Å². The number of para-hydroxylation sites is 2. The third-order valence-corrected chi connectivity index (χ3v) is 13.3. The van der Waals surface area contributed by atoms with E-state index in [1.807, 2.05) is 0 Å². The van der Waals surface area contributed by atoms with Crippen molar-refractivity contribution in [2.45, 2.75) is 26.2 Å². The van der Waals surface area contributed by atoms with Gasteiger partial charge in [-0.15, -0.1) is 0 Å². The van der Waals surface area contributed by atoms with Gasteiger partial charge in [0.15, 0.2) is 0 Å². The van der Waals surface area contributed by atoms with Crippen LogP contribution < -0.4 is 9.80 Å². The lowest BCUT2D eigenvalue weighted by molar-refractivity contribution is 0.855. The van der Waals surface area contributed by atoms with Crippen LogP contribution in [0.15, 0.2) is 249 Å². The van der Waals surface area contributed by atoms with Gasteiger partial charge in [-0.05, 0) is 124 Å². The second-order valence-electron chi connectivity index (χ2n) is 17.3. The zero-order valence-electron chi connectivity index (χ0n) is 37.4. The van der Waals surface area contributed by atoms with Crippen LogP contribution in [0.2, 0.25) is 0 Å². The minimum Gasteiger partial charge on any atom is -0.310 e. The van der Waals surface area contributed by atoms with E-state index in [1.165, 1.54) is 77.3 Å². The highest BCUT2D eigenvalue weighted by Gasteiger charge is 2.25. The minimum atomic E-state index is 0.121. The van der Waals surface area contributed by atoms with Crippen molar-refractivity contribution < 1.29 is 0 Å². The van der Waals surface area contributed by atoms with E-state index in [0.717, 1.165) is 34.9 Å². The molecular formula is C64H50N2. The molecule has 0 spiro atoms. The average molecular weight is 847 g/mol. The topological polar surface area (TPSA) is 6.48 Å². The molecule has 0 bridgehead atoms. The summed E-state index contributed by atoms with van der Waals surface area (Å²) in [6.07, 6.45) is 8.10. The van der Waals surface area contributed by atoms with Crippen molar-refractivity contribution in [1.82, 2.24) is 0 Å². The van der Waals surface area contributed by atoms with Gasteiger partial charge in [0.2, 0.25) is 0 Å². The SMILES string of the molecule is Cc1ccccc1-c1ccc(N(c2ccccc2C2C=C(c3ccccc3N(c3ccc(-c4ccccc4)cc3)c3cccc4ccccc34)C=CC2)c2cccc3ccccc23)cc1C. The van der Waals surface area contributed by atoms with Crippen LogP contribution in [0.4, 0.5) is 34.1 Å². The summed E-state index contributed by atoms with van der Waals surface area (Å²) in [5.74, 6) is 0.121. The Morgan fingerprint density at radius 2 is 0.894 bits per heavy atom. The van der Waals surface area contributed by atoms with E-state index in [1.54, 1.807) is 0 Å². The van der Waals surface area contributed by atoms with Gasteiger partial charge in [0.1, 0.15) is 0 Å². The number of nitrogens with zero attached hydrogens (tertiary/aromatic N) is 2. The van der Waals surface area contributed by atoms with E-state index in [4.69, 9.17) is 0 Å². The second kappa shape index (κ2) is 17.8. The zero-order chi connectivity index (χ0) is 44.4. The molecule has 0 heterocycles. The molecule has 1 atom stereocenters. The number of fused-ring (bicyclic) bond motifs is 2. The molecule has 316 valence electrons. The lowest BCUT2D eigenvalue weighted by atomic mass is 9.85. The predicted octanol–water partition coefficient (Wildman–Crippen LogP) is 18.0. The molecule has 0 saturated heterocycles. The lowest BCUT2D eigenvalue weighted by Crippen LogP contribution is -2.15. The van der Waals surface area contributed by atoms with Crippen molar-refractivity contribution in [1.29, 1.82) is 0 Å². The summed E-state index contributed by atoms with van der Waals surface area (Å²) in [6, 6.07) is 84.1. The third kappa shape index (κ3) is 7.67.